The van der Waals surface area contributed by atoms with Gasteiger partial charge in [-0.05, 0) is 25.3 Å². The lowest BCUT2D eigenvalue weighted by Crippen LogP contribution is -2.10. The predicted molar refractivity (Wildman–Crippen MR) is 81.4 cm³/mol. The fraction of sp³-hybridized carbons (Fsp3) is 0.500. The minimum atomic E-state index is -0.315. The Balaban J connectivity index is 1.88. The molecule has 0 bridgehead atoms. The maximum atomic E-state index is 11.4. The molecule has 1 aromatic heterocycles. The van der Waals surface area contributed by atoms with E-state index in [1.54, 1.807) is 13.0 Å². The molecular formula is C16H19N3O3. The van der Waals surface area contributed by atoms with Crippen LogP contribution in [-0.4, -0.2) is 15.1 Å². The molecule has 3 rings (SSSR count). The second kappa shape index (κ2) is 6.25. The van der Waals surface area contributed by atoms with E-state index in [9.17, 15) is 10.1 Å². The molecule has 0 amide bonds. The Bertz CT molecular complexity index is 675. The molecule has 1 aromatic carbocycles. The Kier molecular flexibility index (Phi) is 4.18. The van der Waals surface area contributed by atoms with E-state index in [2.05, 4.69) is 10.1 Å². The largest absolute Gasteiger partial charge is 0.334 e. The standard InChI is InChI=1S/C16H19N3O3/c1-11-17-16(22-18-11)14-8-7-13(15(10-14)19(20)21)9-12-5-3-2-4-6-12/h7-8,10,12H,2-6,9H2,1H3. The van der Waals surface area contributed by atoms with Gasteiger partial charge >= 0.3 is 0 Å². The van der Waals surface area contributed by atoms with Gasteiger partial charge in [-0.1, -0.05) is 43.3 Å². The number of aromatic nitrogens is 2. The SMILES string of the molecule is Cc1noc(-c2ccc(CC3CCCCC3)c([N+](=O)[O-])c2)n1. The van der Waals surface area contributed by atoms with Gasteiger partial charge in [-0.3, -0.25) is 10.1 Å². The van der Waals surface area contributed by atoms with Crippen LogP contribution in [0.3, 0.4) is 0 Å². The van der Waals surface area contributed by atoms with E-state index in [1.807, 2.05) is 12.1 Å². The fourth-order valence-electron chi connectivity index (χ4n) is 3.16. The highest BCUT2D eigenvalue weighted by Crippen LogP contribution is 2.32. The minimum absolute atomic E-state index is 0.152. The van der Waals surface area contributed by atoms with Crippen LogP contribution in [0.15, 0.2) is 22.7 Å². The van der Waals surface area contributed by atoms with Crippen molar-refractivity contribution in [3.05, 3.63) is 39.7 Å². The molecule has 1 heterocycles. The van der Waals surface area contributed by atoms with Crippen molar-refractivity contribution >= 4 is 5.69 Å². The third-order valence-corrected chi connectivity index (χ3v) is 4.29. The average molecular weight is 301 g/mol. The summed E-state index contributed by atoms with van der Waals surface area (Å²) in [6.07, 6.45) is 6.87. The first-order valence-electron chi connectivity index (χ1n) is 7.71. The van der Waals surface area contributed by atoms with Gasteiger partial charge in [0.2, 0.25) is 0 Å². The van der Waals surface area contributed by atoms with E-state index in [1.165, 1.54) is 32.1 Å². The summed E-state index contributed by atoms with van der Waals surface area (Å²) in [4.78, 5) is 15.2. The molecule has 0 atom stereocenters. The number of nitro benzene ring substituents is 1. The van der Waals surface area contributed by atoms with Crippen molar-refractivity contribution in [1.29, 1.82) is 0 Å². The average Bonchev–Trinajstić information content (AvgIpc) is 2.95. The van der Waals surface area contributed by atoms with Crippen molar-refractivity contribution in [2.45, 2.75) is 45.4 Å². The monoisotopic (exact) mass is 301 g/mol. The summed E-state index contributed by atoms with van der Waals surface area (Å²) >= 11 is 0. The van der Waals surface area contributed by atoms with E-state index in [4.69, 9.17) is 4.52 Å². The third-order valence-electron chi connectivity index (χ3n) is 4.29. The molecule has 1 saturated carbocycles. The van der Waals surface area contributed by atoms with E-state index in [0.29, 0.717) is 23.2 Å². The smallest absolute Gasteiger partial charge is 0.273 e. The van der Waals surface area contributed by atoms with Crippen LogP contribution in [0, 0.1) is 23.0 Å². The van der Waals surface area contributed by atoms with Crippen molar-refractivity contribution in [2.24, 2.45) is 5.92 Å². The zero-order valence-corrected chi connectivity index (χ0v) is 12.6. The summed E-state index contributed by atoms with van der Waals surface area (Å²) < 4.78 is 5.09. The van der Waals surface area contributed by atoms with Crippen LogP contribution in [0.5, 0.6) is 0 Å². The zero-order chi connectivity index (χ0) is 15.5. The molecule has 1 aliphatic carbocycles. The Labute approximate surface area is 128 Å². The highest BCUT2D eigenvalue weighted by molar-refractivity contribution is 5.60. The van der Waals surface area contributed by atoms with Crippen molar-refractivity contribution in [3.8, 4) is 11.5 Å². The van der Waals surface area contributed by atoms with Crippen LogP contribution in [-0.2, 0) is 6.42 Å². The highest BCUT2D eigenvalue weighted by atomic mass is 16.6. The lowest BCUT2D eigenvalue weighted by Gasteiger charge is -2.21. The summed E-state index contributed by atoms with van der Waals surface area (Å²) in [5.41, 5.74) is 1.55. The summed E-state index contributed by atoms with van der Waals surface area (Å²) in [5, 5.41) is 15.1. The van der Waals surface area contributed by atoms with Gasteiger partial charge in [0.15, 0.2) is 5.82 Å². The van der Waals surface area contributed by atoms with Crippen molar-refractivity contribution in [2.75, 3.05) is 0 Å². The lowest BCUT2D eigenvalue weighted by molar-refractivity contribution is -0.385. The van der Waals surface area contributed by atoms with Crippen LogP contribution >= 0.6 is 0 Å². The Morgan fingerprint density at radius 3 is 2.73 bits per heavy atom. The topological polar surface area (TPSA) is 82.1 Å². The van der Waals surface area contributed by atoms with Crippen molar-refractivity contribution < 1.29 is 9.45 Å². The lowest BCUT2D eigenvalue weighted by atomic mass is 9.84. The molecule has 0 spiro atoms. The quantitative estimate of drug-likeness (QED) is 0.627. The number of hydrogen-bond donors (Lipinski definition) is 0. The number of nitro groups is 1. The summed E-state index contributed by atoms with van der Waals surface area (Å²) in [6.45, 7) is 1.72. The normalized spacial score (nSPS) is 15.9. The molecule has 2 aromatic rings. The van der Waals surface area contributed by atoms with E-state index in [0.717, 1.165) is 12.0 Å². The Morgan fingerprint density at radius 1 is 1.32 bits per heavy atom. The maximum Gasteiger partial charge on any atom is 0.273 e. The Morgan fingerprint density at radius 2 is 2.09 bits per heavy atom. The molecule has 0 saturated heterocycles. The molecule has 0 N–H and O–H groups in total. The van der Waals surface area contributed by atoms with Crippen LogP contribution in [0.25, 0.3) is 11.5 Å². The van der Waals surface area contributed by atoms with E-state index < -0.39 is 0 Å². The van der Waals surface area contributed by atoms with Gasteiger partial charge in [0.05, 0.1) is 4.92 Å². The number of aryl methyl sites for hydroxylation is 1. The van der Waals surface area contributed by atoms with E-state index >= 15 is 0 Å². The van der Waals surface area contributed by atoms with Gasteiger partial charge in [-0.25, -0.2) is 0 Å². The van der Waals surface area contributed by atoms with Crippen molar-refractivity contribution in [1.82, 2.24) is 10.1 Å². The van der Waals surface area contributed by atoms with Gasteiger partial charge in [-0.2, -0.15) is 4.98 Å². The van der Waals surface area contributed by atoms with E-state index in [-0.39, 0.29) is 10.6 Å². The van der Waals surface area contributed by atoms with Gasteiger partial charge < -0.3 is 4.52 Å². The predicted octanol–water partition coefficient (Wildman–Crippen LogP) is 4.08. The number of benzene rings is 1. The molecule has 0 unspecified atom stereocenters. The highest BCUT2D eigenvalue weighted by Gasteiger charge is 2.21. The molecule has 6 heteroatoms. The van der Waals surface area contributed by atoms with Gasteiger partial charge in [0.1, 0.15) is 0 Å². The summed E-state index contributed by atoms with van der Waals surface area (Å²) in [6, 6.07) is 5.21. The maximum absolute atomic E-state index is 11.4. The van der Waals surface area contributed by atoms with Crippen LogP contribution in [0.2, 0.25) is 0 Å². The second-order valence-corrected chi connectivity index (χ2v) is 5.96. The second-order valence-electron chi connectivity index (χ2n) is 5.96. The summed E-state index contributed by atoms with van der Waals surface area (Å²) in [5.74, 6) is 1.40. The minimum Gasteiger partial charge on any atom is -0.334 e. The first-order chi connectivity index (χ1) is 10.6. The molecule has 116 valence electrons. The number of hydrogen-bond acceptors (Lipinski definition) is 5. The van der Waals surface area contributed by atoms with Crippen molar-refractivity contribution in [3.63, 3.8) is 0 Å². The van der Waals surface area contributed by atoms with Crippen LogP contribution in [0.4, 0.5) is 5.69 Å². The zero-order valence-electron chi connectivity index (χ0n) is 12.6. The molecule has 6 nitrogen and oxygen atoms in total. The first-order valence-corrected chi connectivity index (χ1v) is 7.71. The van der Waals surface area contributed by atoms with Gasteiger partial charge in [0.25, 0.3) is 11.6 Å². The fourth-order valence-corrected chi connectivity index (χ4v) is 3.16. The molecule has 0 radical (unpaired) electrons. The molecule has 22 heavy (non-hydrogen) atoms. The molecular weight excluding hydrogens is 282 g/mol. The third kappa shape index (κ3) is 3.16. The molecule has 1 aliphatic rings. The van der Waals surface area contributed by atoms with Gasteiger partial charge in [-0.15, -0.1) is 0 Å². The van der Waals surface area contributed by atoms with Crippen LogP contribution < -0.4 is 0 Å². The first kappa shape index (κ1) is 14.7. The van der Waals surface area contributed by atoms with Gasteiger partial charge in [0, 0.05) is 17.2 Å². The molecule has 0 aliphatic heterocycles. The number of rotatable bonds is 4. The number of nitrogens with zero attached hydrogens (tertiary/aromatic N) is 3. The summed E-state index contributed by atoms with van der Waals surface area (Å²) in [7, 11) is 0. The Hall–Kier alpha value is -2.24. The molecule has 1 fully saturated rings. The van der Waals surface area contributed by atoms with Crippen LogP contribution in [0.1, 0.15) is 43.5 Å².